The zero-order valence-corrected chi connectivity index (χ0v) is 14.8. The molecule has 1 aliphatic rings. The zero-order valence-electron chi connectivity index (χ0n) is 14.0. The monoisotopic (exact) mass is 377 g/mol. The van der Waals surface area contributed by atoms with Crippen LogP contribution in [0, 0.1) is 25.5 Å². The Morgan fingerprint density at radius 1 is 1.15 bits per heavy atom. The van der Waals surface area contributed by atoms with Gasteiger partial charge < -0.3 is 14.1 Å². The predicted octanol–water partition coefficient (Wildman–Crippen LogP) is 4.70. The molecule has 0 aliphatic carbocycles. The second-order valence-electron chi connectivity index (χ2n) is 6.25. The Kier molecular flexibility index (Phi) is 3.88. The van der Waals surface area contributed by atoms with Gasteiger partial charge in [0.05, 0.1) is 22.8 Å². The lowest BCUT2D eigenvalue weighted by Gasteiger charge is -2.31. The van der Waals surface area contributed by atoms with Gasteiger partial charge in [0.25, 0.3) is 0 Å². The molecule has 0 radical (unpaired) electrons. The van der Waals surface area contributed by atoms with Crippen LogP contribution in [0.25, 0.3) is 11.0 Å². The number of ether oxygens (including phenoxy) is 1. The molecule has 3 aromatic rings. The van der Waals surface area contributed by atoms with Gasteiger partial charge in [0.2, 0.25) is 0 Å². The van der Waals surface area contributed by atoms with E-state index in [2.05, 4.69) is 0 Å². The van der Waals surface area contributed by atoms with Crippen LogP contribution < -0.4 is 15.3 Å². The molecule has 0 N–H and O–H groups in total. The summed E-state index contributed by atoms with van der Waals surface area (Å²) in [5.41, 5.74) is 1.95. The van der Waals surface area contributed by atoms with Crippen LogP contribution in [-0.4, -0.2) is 6.73 Å². The molecule has 0 amide bonds. The number of nitrogens with zero attached hydrogens (tertiary/aromatic N) is 1. The molecular formula is C19H14ClF2NO3. The summed E-state index contributed by atoms with van der Waals surface area (Å²) >= 11 is 6.34. The Hall–Kier alpha value is -2.60. The molecule has 0 spiro atoms. The van der Waals surface area contributed by atoms with E-state index >= 15 is 0 Å². The van der Waals surface area contributed by atoms with Crippen LogP contribution in [0.5, 0.6) is 5.75 Å². The molecule has 4 rings (SSSR count). The Labute approximate surface area is 152 Å². The molecule has 1 aromatic heterocycles. The van der Waals surface area contributed by atoms with Crippen molar-refractivity contribution in [3.63, 3.8) is 0 Å². The first kappa shape index (κ1) is 16.8. The van der Waals surface area contributed by atoms with Gasteiger partial charge in [0.15, 0.2) is 6.73 Å². The molecule has 1 aliphatic heterocycles. The van der Waals surface area contributed by atoms with Crippen LogP contribution in [0.1, 0.15) is 16.7 Å². The van der Waals surface area contributed by atoms with Gasteiger partial charge in [-0.05, 0) is 37.6 Å². The predicted molar refractivity (Wildman–Crippen MR) is 95.0 cm³/mol. The third kappa shape index (κ3) is 2.52. The van der Waals surface area contributed by atoms with E-state index in [-0.39, 0.29) is 19.0 Å². The molecule has 0 saturated heterocycles. The number of rotatable bonds is 1. The fourth-order valence-corrected chi connectivity index (χ4v) is 3.44. The average molecular weight is 378 g/mol. The maximum atomic E-state index is 14.1. The summed E-state index contributed by atoms with van der Waals surface area (Å²) in [5.74, 6) is -0.948. The number of anilines is 1. The van der Waals surface area contributed by atoms with E-state index in [0.717, 1.165) is 11.6 Å². The first-order valence-electron chi connectivity index (χ1n) is 7.95. The second-order valence-corrected chi connectivity index (χ2v) is 6.66. The van der Waals surface area contributed by atoms with E-state index in [9.17, 15) is 13.6 Å². The quantitative estimate of drug-likeness (QED) is 0.577. The summed E-state index contributed by atoms with van der Waals surface area (Å²) in [7, 11) is 0. The maximum absolute atomic E-state index is 14.1. The molecule has 0 fully saturated rings. The highest BCUT2D eigenvalue weighted by molar-refractivity contribution is 6.33. The van der Waals surface area contributed by atoms with Crippen molar-refractivity contribution >= 4 is 28.3 Å². The van der Waals surface area contributed by atoms with Crippen molar-refractivity contribution in [2.24, 2.45) is 0 Å². The molecule has 26 heavy (non-hydrogen) atoms. The average Bonchev–Trinajstić information content (AvgIpc) is 2.61. The first-order chi connectivity index (χ1) is 12.4. The van der Waals surface area contributed by atoms with Crippen molar-refractivity contribution in [3.8, 4) is 5.75 Å². The van der Waals surface area contributed by atoms with Gasteiger partial charge in [-0.2, -0.15) is 0 Å². The number of fused-ring (bicyclic) bond motifs is 3. The molecule has 134 valence electrons. The number of benzene rings is 2. The van der Waals surface area contributed by atoms with E-state index in [1.54, 1.807) is 17.9 Å². The summed E-state index contributed by atoms with van der Waals surface area (Å²) in [6.45, 7) is 3.75. The molecule has 2 heterocycles. The fourth-order valence-electron chi connectivity index (χ4n) is 3.16. The van der Waals surface area contributed by atoms with Gasteiger partial charge >= 0.3 is 5.63 Å². The molecule has 4 nitrogen and oxygen atoms in total. The number of hydrogen-bond acceptors (Lipinski definition) is 4. The van der Waals surface area contributed by atoms with Crippen LogP contribution in [0.4, 0.5) is 14.5 Å². The van der Waals surface area contributed by atoms with Crippen molar-refractivity contribution < 1.29 is 17.9 Å². The minimum atomic E-state index is -0.697. The van der Waals surface area contributed by atoms with Crippen LogP contribution in [0.15, 0.2) is 33.5 Å². The van der Waals surface area contributed by atoms with Gasteiger partial charge in [-0.25, -0.2) is 13.6 Å². The highest BCUT2D eigenvalue weighted by Gasteiger charge is 2.27. The molecule has 7 heteroatoms. The second kappa shape index (κ2) is 5.99. The fraction of sp³-hybridized carbons (Fsp3) is 0.211. The minimum absolute atomic E-state index is 0.0376. The largest absolute Gasteiger partial charge is 0.471 e. The lowest BCUT2D eigenvalue weighted by molar-refractivity contribution is 0.287. The van der Waals surface area contributed by atoms with Crippen molar-refractivity contribution in [2.75, 3.05) is 11.6 Å². The lowest BCUT2D eigenvalue weighted by atomic mass is 10.0. The first-order valence-corrected chi connectivity index (χ1v) is 8.33. The topological polar surface area (TPSA) is 42.7 Å². The Balaban J connectivity index is 1.90. The molecule has 0 atom stereocenters. The smallest absolute Gasteiger partial charge is 0.339 e. The van der Waals surface area contributed by atoms with Gasteiger partial charge in [0, 0.05) is 17.0 Å². The Morgan fingerprint density at radius 3 is 2.65 bits per heavy atom. The normalized spacial score (nSPS) is 13.7. The summed E-state index contributed by atoms with van der Waals surface area (Å²) in [6, 6.07) is 5.04. The van der Waals surface area contributed by atoms with Gasteiger partial charge in [-0.15, -0.1) is 0 Å². The van der Waals surface area contributed by atoms with Crippen LogP contribution in [0.3, 0.4) is 0 Å². The molecule has 0 bridgehead atoms. The van der Waals surface area contributed by atoms with Crippen LogP contribution in [-0.2, 0) is 6.54 Å². The Bertz CT molecular complexity index is 1110. The molecule has 2 aromatic carbocycles. The van der Waals surface area contributed by atoms with E-state index in [0.29, 0.717) is 32.9 Å². The van der Waals surface area contributed by atoms with Crippen molar-refractivity contribution in [1.82, 2.24) is 0 Å². The van der Waals surface area contributed by atoms with E-state index in [1.165, 1.54) is 12.1 Å². The van der Waals surface area contributed by atoms with Gasteiger partial charge in [-0.1, -0.05) is 11.6 Å². The molecule has 0 saturated carbocycles. The van der Waals surface area contributed by atoms with Crippen LogP contribution >= 0.6 is 11.6 Å². The van der Waals surface area contributed by atoms with E-state index in [4.69, 9.17) is 20.8 Å². The maximum Gasteiger partial charge on any atom is 0.339 e. The van der Waals surface area contributed by atoms with Crippen molar-refractivity contribution in [3.05, 3.63) is 68.0 Å². The van der Waals surface area contributed by atoms with Crippen LogP contribution in [0.2, 0.25) is 5.02 Å². The number of hydrogen-bond donors (Lipinski definition) is 0. The third-order valence-electron chi connectivity index (χ3n) is 4.71. The highest BCUT2D eigenvalue weighted by Crippen LogP contribution is 2.40. The zero-order chi connectivity index (χ0) is 18.6. The summed E-state index contributed by atoms with van der Waals surface area (Å²) < 4.78 is 38.5. The van der Waals surface area contributed by atoms with E-state index < -0.39 is 17.3 Å². The summed E-state index contributed by atoms with van der Waals surface area (Å²) in [5, 5.41) is 1.10. The van der Waals surface area contributed by atoms with Crippen molar-refractivity contribution in [1.29, 1.82) is 0 Å². The summed E-state index contributed by atoms with van der Waals surface area (Å²) in [4.78, 5) is 13.7. The SMILES string of the molecule is Cc1c(C)c2cc(Cl)c3c(c2oc1=O)CN(c1ccc(F)cc1F)CO3. The molecular weight excluding hydrogens is 364 g/mol. The third-order valence-corrected chi connectivity index (χ3v) is 4.99. The number of halogens is 3. The minimum Gasteiger partial charge on any atom is -0.471 e. The van der Waals surface area contributed by atoms with E-state index in [1.807, 2.05) is 6.92 Å². The Morgan fingerprint density at radius 2 is 1.92 bits per heavy atom. The van der Waals surface area contributed by atoms with Crippen molar-refractivity contribution in [2.45, 2.75) is 20.4 Å². The highest BCUT2D eigenvalue weighted by atomic mass is 35.5. The van der Waals surface area contributed by atoms with Gasteiger partial charge in [-0.3, -0.25) is 0 Å². The number of aryl methyl sites for hydroxylation is 1. The van der Waals surface area contributed by atoms with Gasteiger partial charge in [0.1, 0.15) is 23.0 Å². The summed E-state index contributed by atoms with van der Waals surface area (Å²) in [6.07, 6.45) is 0. The lowest BCUT2D eigenvalue weighted by Crippen LogP contribution is -2.33. The standard InChI is InChI=1S/C19H14ClF2NO3/c1-9-10(2)19(24)26-17-12(9)6-14(20)18-13(17)7-23(8-25-18)16-4-3-11(21)5-15(16)22/h3-6H,7-8H2,1-2H3. The molecule has 0 unspecified atom stereocenters.